The molecule has 0 spiro atoms. The molecule has 0 aromatic heterocycles. The topological polar surface area (TPSA) is 38.3 Å². The molecule has 0 atom stereocenters. The number of benzene rings is 1. The van der Waals surface area contributed by atoms with Gasteiger partial charge in [-0.05, 0) is 12.1 Å². The minimum atomic E-state index is -2.91. The van der Waals surface area contributed by atoms with Crippen LogP contribution < -0.4 is 10.1 Å². The van der Waals surface area contributed by atoms with Gasteiger partial charge in [-0.15, -0.1) is 0 Å². The molecule has 6 heteroatoms. The van der Waals surface area contributed by atoms with E-state index in [1.165, 1.54) is 12.1 Å². The number of rotatable bonds is 4. The van der Waals surface area contributed by atoms with E-state index in [0.717, 1.165) is 0 Å². The smallest absolute Gasteiger partial charge is 0.387 e. The van der Waals surface area contributed by atoms with Gasteiger partial charge in [-0.1, -0.05) is 28.1 Å². The first-order chi connectivity index (χ1) is 7.13. The SMILES string of the molecule is O=C(CBr)Nc1ccccc1OC(F)F. The Morgan fingerprint density at radius 1 is 1.47 bits per heavy atom. The highest BCUT2D eigenvalue weighted by atomic mass is 79.9. The molecule has 82 valence electrons. The van der Waals surface area contributed by atoms with Crippen LogP contribution in [0, 0.1) is 0 Å². The first-order valence-corrected chi connectivity index (χ1v) is 5.15. The van der Waals surface area contributed by atoms with Gasteiger partial charge < -0.3 is 10.1 Å². The van der Waals surface area contributed by atoms with Gasteiger partial charge in [0.05, 0.1) is 11.0 Å². The molecule has 15 heavy (non-hydrogen) atoms. The molecule has 1 aromatic carbocycles. The monoisotopic (exact) mass is 279 g/mol. The maximum Gasteiger partial charge on any atom is 0.387 e. The van der Waals surface area contributed by atoms with E-state index in [1.807, 2.05) is 0 Å². The number of para-hydroxylation sites is 2. The molecule has 0 aliphatic carbocycles. The molecule has 0 bridgehead atoms. The van der Waals surface area contributed by atoms with Crippen molar-refractivity contribution in [1.29, 1.82) is 0 Å². The average molecular weight is 280 g/mol. The molecule has 0 fully saturated rings. The normalized spacial score (nSPS) is 10.1. The van der Waals surface area contributed by atoms with Crippen molar-refractivity contribution in [2.45, 2.75) is 6.61 Å². The molecule has 0 saturated heterocycles. The summed E-state index contributed by atoms with van der Waals surface area (Å²) in [6.07, 6.45) is 0. The van der Waals surface area contributed by atoms with Crippen LogP contribution in [0.15, 0.2) is 24.3 Å². The highest BCUT2D eigenvalue weighted by molar-refractivity contribution is 9.09. The third-order valence-electron chi connectivity index (χ3n) is 1.50. The van der Waals surface area contributed by atoms with Gasteiger partial charge in [-0.2, -0.15) is 8.78 Å². The molecule has 0 heterocycles. The Balaban J connectivity index is 2.81. The molecule has 1 N–H and O–H groups in total. The van der Waals surface area contributed by atoms with E-state index in [4.69, 9.17) is 0 Å². The van der Waals surface area contributed by atoms with Crippen LogP contribution in [0.3, 0.4) is 0 Å². The van der Waals surface area contributed by atoms with Gasteiger partial charge in [0.2, 0.25) is 5.91 Å². The first-order valence-electron chi connectivity index (χ1n) is 4.03. The summed E-state index contributed by atoms with van der Waals surface area (Å²) in [6.45, 7) is -2.91. The van der Waals surface area contributed by atoms with Crippen LogP contribution in [0.4, 0.5) is 14.5 Å². The lowest BCUT2D eigenvalue weighted by molar-refractivity contribution is -0.113. The number of carbonyl (C=O) groups excluding carboxylic acids is 1. The largest absolute Gasteiger partial charge is 0.433 e. The fourth-order valence-electron chi connectivity index (χ4n) is 0.952. The van der Waals surface area contributed by atoms with Gasteiger partial charge in [-0.25, -0.2) is 0 Å². The summed E-state index contributed by atoms with van der Waals surface area (Å²) in [4.78, 5) is 11.0. The van der Waals surface area contributed by atoms with Crippen molar-refractivity contribution in [3.05, 3.63) is 24.3 Å². The van der Waals surface area contributed by atoms with Crippen molar-refractivity contribution in [1.82, 2.24) is 0 Å². The summed E-state index contributed by atoms with van der Waals surface area (Å²) in [5.41, 5.74) is 0.224. The standard InChI is InChI=1S/C9H8BrF2NO2/c10-5-8(14)13-6-3-1-2-4-7(6)15-9(11)12/h1-4,9H,5H2,(H,13,14). The number of nitrogens with one attached hydrogen (secondary N) is 1. The van der Waals surface area contributed by atoms with Gasteiger partial charge in [0.1, 0.15) is 5.75 Å². The van der Waals surface area contributed by atoms with E-state index in [2.05, 4.69) is 26.0 Å². The van der Waals surface area contributed by atoms with Crippen molar-refractivity contribution in [3.8, 4) is 5.75 Å². The second kappa shape index (κ2) is 5.65. The number of anilines is 1. The van der Waals surface area contributed by atoms with Crippen LogP contribution in [0.1, 0.15) is 0 Å². The fraction of sp³-hybridized carbons (Fsp3) is 0.222. The summed E-state index contributed by atoms with van der Waals surface area (Å²) < 4.78 is 28.2. The maximum atomic E-state index is 12.0. The van der Waals surface area contributed by atoms with Crippen LogP contribution in [0.5, 0.6) is 5.75 Å². The van der Waals surface area contributed by atoms with Gasteiger partial charge in [0.15, 0.2) is 0 Å². The number of ether oxygens (including phenoxy) is 1. The van der Waals surface area contributed by atoms with Crippen LogP contribution in [-0.2, 0) is 4.79 Å². The predicted octanol–water partition coefficient (Wildman–Crippen LogP) is 2.62. The van der Waals surface area contributed by atoms with E-state index in [1.54, 1.807) is 12.1 Å². The lowest BCUT2D eigenvalue weighted by Crippen LogP contribution is -2.14. The van der Waals surface area contributed by atoms with Gasteiger partial charge in [-0.3, -0.25) is 4.79 Å². The fourth-order valence-corrected chi connectivity index (χ4v) is 1.09. The van der Waals surface area contributed by atoms with E-state index >= 15 is 0 Å². The molecule has 1 rings (SSSR count). The summed E-state index contributed by atoms with van der Waals surface area (Å²) >= 11 is 2.95. The van der Waals surface area contributed by atoms with Crippen LogP contribution in [0.25, 0.3) is 0 Å². The third kappa shape index (κ3) is 3.83. The second-order valence-corrected chi connectivity index (χ2v) is 3.12. The van der Waals surface area contributed by atoms with Crippen molar-refractivity contribution in [2.24, 2.45) is 0 Å². The zero-order valence-corrected chi connectivity index (χ0v) is 9.13. The van der Waals surface area contributed by atoms with Crippen LogP contribution in [0.2, 0.25) is 0 Å². The second-order valence-electron chi connectivity index (χ2n) is 2.56. The molecule has 3 nitrogen and oxygen atoms in total. The molecule has 0 aliphatic heterocycles. The lowest BCUT2D eigenvalue weighted by atomic mass is 10.3. The first kappa shape index (κ1) is 11.9. The van der Waals surface area contributed by atoms with Gasteiger partial charge in [0, 0.05) is 0 Å². The zero-order valence-electron chi connectivity index (χ0n) is 7.54. The Kier molecular flexibility index (Phi) is 4.48. The highest BCUT2D eigenvalue weighted by Crippen LogP contribution is 2.25. The minimum absolute atomic E-state index is 0.0539. The molecule has 1 aromatic rings. The zero-order chi connectivity index (χ0) is 11.3. The average Bonchev–Trinajstić information content (AvgIpc) is 2.20. The van der Waals surface area contributed by atoms with E-state index < -0.39 is 6.61 Å². The number of halogens is 3. The molecule has 1 amide bonds. The van der Waals surface area contributed by atoms with E-state index in [9.17, 15) is 13.6 Å². The number of amides is 1. The van der Waals surface area contributed by atoms with Crippen molar-refractivity contribution in [2.75, 3.05) is 10.6 Å². The van der Waals surface area contributed by atoms with Gasteiger partial charge in [0.25, 0.3) is 0 Å². The minimum Gasteiger partial charge on any atom is -0.433 e. The van der Waals surface area contributed by atoms with Crippen LogP contribution >= 0.6 is 15.9 Å². The molecular weight excluding hydrogens is 272 g/mol. The molecule has 0 radical (unpaired) electrons. The molecule has 0 unspecified atom stereocenters. The molecule has 0 aliphatic rings. The number of hydrogen-bond donors (Lipinski definition) is 1. The Bertz CT molecular complexity index is 347. The molecule has 0 saturated carbocycles. The van der Waals surface area contributed by atoms with Crippen molar-refractivity contribution in [3.63, 3.8) is 0 Å². The van der Waals surface area contributed by atoms with E-state index in [0.29, 0.717) is 0 Å². The van der Waals surface area contributed by atoms with E-state index in [-0.39, 0.29) is 22.7 Å². The van der Waals surface area contributed by atoms with Crippen molar-refractivity contribution >= 4 is 27.5 Å². The summed E-state index contributed by atoms with van der Waals surface area (Å²) in [6, 6.07) is 6.00. The highest BCUT2D eigenvalue weighted by Gasteiger charge is 2.10. The Morgan fingerprint density at radius 2 is 2.13 bits per heavy atom. The number of alkyl halides is 3. The Labute approximate surface area is 93.5 Å². The van der Waals surface area contributed by atoms with Crippen LogP contribution in [-0.4, -0.2) is 17.8 Å². The number of carbonyl (C=O) groups is 1. The van der Waals surface area contributed by atoms with Crippen molar-refractivity contribution < 1.29 is 18.3 Å². The summed E-state index contributed by atoms with van der Waals surface area (Å²) in [5, 5.41) is 2.51. The summed E-state index contributed by atoms with van der Waals surface area (Å²) in [5.74, 6) is -0.387. The Morgan fingerprint density at radius 3 is 2.73 bits per heavy atom. The quantitative estimate of drug-likeness (QED) is 0.861. The molecular formula is C9H8BrF2NO2. The third-order valence-corrected chi connectivity index (χ3v) is 2.01. The lowest BCUT2D eigenvalue weighted by Gasteiger charge is -2.10. The predicted molar refractivity (Wildman–Crippen MR) is 55.5 cm³/mol. The summed E-state index contributed by atoms with van der Waals surface area (Å²) in [7, 11) is 0. The number of hydrogen-bond acceptors (Lipinski definition) is 2. The van der Waals surface area contributed by atoms with Gasteiger partial charge >= 0.3 is 6.61 Å². The maximum absolute atomic E-state index is 12.0. The Hall–Kier alpha value is -1.17.